The van der Waals surface area contributed by atoms with E-state index in [0.29, 0.717) is 23.5 Å². The van der Waals surface area contributed by atoms with Crippen LogP contribution in [0.1, 0.15) is 38.7 Å². The monoisotopic (exact) mass is 507 g/mol. The van der Waals surface area contributed by atoms with Crippen LogP contribution in [0.4, 0.5) is 15.5 Å². The van der Waals surface area contributed by atoms with Crippen molar-refractivity contribution in [1.82, 2.24) is 4.90 Å². The normalized spacial score (nSPS) is 30.9. The van der Waals surface area contributed by atoms with Gasteiger partial charge in [0.1, 0.15) is 6.10 Å². The minimum Gasteiger partial charge on any atom is -0.394 e. The molecule has 0 saturated carbocycles. The molecule has 6 atom stereocenters. The van der Waals surface area contributed by atoms with Gasteiger partial charge in [-0.3, -0.25) is 14.4 Å². The van der Waals surface area contributed by atoms with Crippen molar-refractivity contribution >= 4 is 37.5 Å². The molecule has 1 spiro atoms. The Bertz CT molecular complexity index is 1030. The Balaban J connectivity index is 1.69. The lowest BCUT2D eigenvalue weighted by Crippen LogP contribution is -2.42. The zero-order chi connectivity index (χ0) is 25.7. The summed E-state index contributed by atoms with van der Waals surface area (Å²) >= 11 is 0. The highest BCUT2D eigenvalue weighted by molar-refractivity contribution is 6.72. The smallest absolute Gasteiger partial charge is 0.261 e. The van der Waals surface area contributed by atoms with Crippen molar-refractivity contribution in [2.75, 3.05) is 23.8 Å². The zero-order valence-corrected chi connectivity index (χ0v) is 21.5. The van der Waals surface area contributed by atoms with Crippen molar-refractivity contribution in [1.29, 1.82) is 0 Å². The molecule has 0 unspecified atom stereocenters. The van der Waals surface area contributed by atoms with Gasteiger partial charge in [0.15, 0.2) is 5.60 Å². The third kappa shape index (κ3) is 4.39. The predicted molar refractivity (Wildman–Crippen MR) is 130 cm³/mol. The average molecular weight is 508 g/mol. The second-order valence-electron chi connectivity index (χ2n) is 10.4. The third-order valence-corrected chi connectivity index (χ3v) is 10.1. The summed E-state index contributed by atoms with van der Waals surface area (Å²) in [6.07, 6.45) is -0.583. The van der Waals surface area contributed by atoms with Gasteiger partial charge in [0.25, 0.3) is 11.8 Å². The van der Waals surface area contributed by atoms with Crippen LogP contribution in [-0.2, 0) is 24.7 Å². The summed E-state index contributed by atoms with van der Waals surface area (Å²) < 4.78 is 22.1. The summed E-state index contributed by atoms with van der Waals surface area (Å²) in [4.78, 5) is 40.2. The zero-order valence-electron chi connectivity index (χ0n) is 20.5. The van der Waals surface area contributed by atoms with Crippen LogP contribution in [0.15, 0.2) is 18.2 Å². The Hall–Kier alpha value is -2.34. The first-order valence-corrected chi connectivity index (χ1v) is 15.1. The van der Waals surface area contributed by atoms with Crippen molar-refractivity contribution in [3.8, 4) is 0 Å². The van der Waals surface area contributed by atoms with Crippen LogP contribution < -0.4 is 10.6 Å². The van der Waals surface area contributed by atoms with Gasteiger partial charge < -0.3 is 34.6 Å². The Kier molecular flexibility index (Phi) is 6.82. The van der Waals surface area contributed by atoms with E-state index in [-0.39, 0.29) is 25.0 Å². The molecule has 1 aromatic carbocycles. The van der Waals surface area contributed by atoms with Crippen molar-refractivity contribution < 1.29 is 33.4 Å². The molecule has 9 nitrogen and oxygen atoms in total. The van der Waals surface area contributed by atoms with E-state index >= 15 is 4.11 Å². The standard InChI is InChI=1S/C24H34FN3O6Si/c1-13-21(35(3,4)25)19(11-20(31)28-9-5-6-16(28)12-29)34-24(13)17-10-15(26-22(32)14(2)30)7-8-18(17)27-23(24)33/h7-8,10,13-14,16,19,21,29-30H,5-6,9,11-12H2,1-4H3,(H,26,32)(H,27,33)/t13-,14-,16-,19+,21-,24+/m0/s1. The number of carbonyl (C=O) groups excluding carboxylic acids is 3. The van der Waals surface area contributed by atoms with Crippen LogP contribution in [0, 0.1) is 5.92 Å². The maximum Gasteiger partial charge on any atom is 0.261 e. The highest BCUT2D eigenvalue weighted by Crippen LogP contribution is 2.59. The van der Waals surface area contributed by atoms with E-state index in [2.05, 4.69) is 10.6 Å². The molecule has 35 heavy (non-hydrogen) atoms. The topological polar surface area (TPSA) is 128 Å². The molecular formula is C24H34FN3O6Si. The number of ether oxygens (including phenoxy) is 1. The lowest BCUT2D eigenvalue weighted by Gasteiger charge is -2.31. The third-order valence-electron chi connectivity index (χ3n) is 7.65. The van der Waals surface area contributed by atoms with Crippen molar-refractivity contribution in [3.63, 3.8) is 0 Å². The number of hydrogen-bond acceptors (Lipinski definition) is 6. The van der Waals surface area contributed by atoms with Crippen molar-refractivity contribution in [3.05, 3.63) is 23.8 Å². The molecule has 11 heteroatoms. The van der Waals surface area contributed by atoms with Crippen LogP contribution >= 0.6 is 0 Å². The van der Waals surface area contributed by atoms with Gasteiger partial charge in [-0.2, -0.15) is 0 Å². The minimum atomic E-state index is -3.41. The number of halogens is 1. The van der Waals surface area contributed by atoms with Gasteiger partial charge in [-0.05, 0) is 51.1 Å². The molecule has 0 aliphatic carbocycles. The highest BCUT2D eigenvalue weighted by Gasteiger charge is 2.65. The van der Waals surface area contributed by atoms with E-state index in [0.717, 1.165) is 12.8 Å². The maximum absolute atomic E-state index is 15.7. The van der Waals surface area contributed by atoms with Crippen LogP contribution in [0.2, 0.25) is 18.6 Å². The Morgan fingerprint density at radius 2 is 2.11 bits per heavy atom. The number of aliphatic hydroxyl groups is 2. The molecule has 1 aromatic rings. The molecule has 0 aromatic heterocycles. The predicted octanol–water partition coefficient (Wildman–Crippen LogP) is 2.11. The second kappa shape index (κ2) is 9.27. The number of carbonyl (C=O) groups is 3. The quantitative estimate of drug-likeness (QED) is 0.345. The molecule has 4 N–H and O–H groups in total. The number of anilines is 2. The van der Waals surface area contributed by atoms with Gasteiger partial charge in [-0.25, -0.2) is 0 Å². The number of nitrogens with one attached hydrogen (secondary N) is 2. The van der Waals surface area contributed by atoms with Gasteiger partial charge in [0, 0.05) is 34.9 Å². The van der Waals surface area contributed by atoms with Crippen molar-refractivity contribution in [2.45, 2.75) is 75.6 Å². The van der Waals surface area contributed by atoms with E-state index in [1.54, 1.807) is 43.1 Å². The first-order chi connectivity index (χ1) is 16.4. The van der Waals surface area contributed by atoms with Gasteiger partial charge in [-0.1, -0.05) is 6.92 Å². The van der Waals surface area contributed by atoms with E-state index in [1.165, 1.54) is 6.92 Å². The number of nitrogens with zero attached hydrogens (tertiary/aromatic N) is 1. The summed E-state index contributed by atoms with van der Waals surface area (Å²) in [5.74, 6) is -1.80. The van der Waals surface area contributed by atoms with E-state index in [4.69, 9.17) is 4.74 Å². The Morgan fingerprint density at radius 1 is 1.40 bits per heavy atom. The lowest BCUT2D eigenvalue weighted by molar-refractivity contribution is -0.148. The molecule has 3 heterocycles. The summed E-state index contributed by atoms with van der Waals surface area (Å²) in [6, 6.07) is 4.60. The first-order valence-electron chi connectivity index (χ1n) is 12.1. The SMILES string of the molecule is C[C@H](O)C(=O)Nc1ccc2c(c1)[C@@]1(O[C@H](CC(=O)N3CCC[C@H]3CO)[C@@H]([Si](C)(C)F)[C@@H]1C)C(=O)N2. The molecule has 3 aliphatic heterocycles. The Morgan fingerprint density at radius 3 is 2.74 bits per heavy atom. The molecule has 3 amide bonds. The molecular weight excluding hydrogens is 473 g/mol. The van der Waals surface area contributed by atoms with Gasteiger partial charge in [0.2, 0.25) is 14.3 Å². The van der Waals surface area contributed by atoms with Crippen molar-refractivity contribution in [2.24, 2.45) is 5.92 Å². The molecule has 0 bridgehead atoms. The maximum atomic E-state index is 15.7. The minimum absolute atomic E-state index is 0.0747. The van der Waals surface area contributed by atoms with E-state index in [1.807, 2.05) is 0 Å². The molecule has 4 rings (SSSR count). The van der Waals surface area contributed by atoms with Gasteiger partial charge in [-0.15, -0.1) is 0 Å². The molecule has 192 valence electrons. The van der Waals surface area contributed by atoms with Gasteiger partial charge >= 0.3 is 0 Å². The highest BCUT2D eigenvalue weighted by atomic mass is 28.4. The fourth-order valence-electron chi connectivity index (χ4n) is 6.03. The fourth-order valence-corrected chi connectivity index (χ4v) is 8.53. The lowest BCUT2D eigenvalue weighted by atomic mass is 9.82. The van der Waals surface area contributed by atoms with Gasteiger partial charge in [0.05, 0.1) is 25.2 Å². The summed E-state index contributed by atoms with van der Waals surface area (Å²) in [7, 11) is -3.41. The second-order valence-corrected chi connectivity index (χ2v) is 14.2. The van der Waals surface area contributed by atoms with Crippen LogP contribution in [0.5, 0.6) is 0 Å². The van der Waals surface area contributed by atoms with Crippen LogP contribution in [0.25, 0.3) is 0 Å². The Labute approximate surface area is 205 Å². The number of rotatable bonds is 6. The number of hydrogen-bond donors (Lipinski definition) is 4. The number of fused-ring (bicyclic) bond motifs is 2. The molecule has 0 radical (unpaired) electrons. The number of amides is 3. The first kappa shape index (κ1) is 25.7. The summed E-state index contributed by atoms with van der Waals surface area (Å²) in [5, 5.41) is 24.6. The summed E-state index contributed by atoms with van der Waals surface area (Å²) in [5.41, 5.74) is -0.785. The number of aliphatic hydroxyl groups excluding tert-OH is 2. The largest absolute Gasteiger partial charge is 0.394 e. The van der Waals surface area contributed by atoms with E-state index in [9.17, 15) is 24.6 Å². The molecule has 2 saturated heterocycles. The summed E-state index contributed by atoms with van der Waals surface area (Å²) in [6.45, 7) is 6.67. The number of benzene rings is 1. The van der Waals surface area contributed by atoms with E-state index < -0.39 is 49.5 Å². The van der Waals surface area contributed by atoms with Crippen LogP contribution in [0.3, 0.4) is 0 Å². The van der Waals surface area contributed by atoms with Crippen LogP contribution in [-0.4, -0.2) is 72.6 Å². The molecule has 3 aliphatic rings. The molecule has 2 fully saturated rings. The average Bonchev–Trinajstić information content (AvgIpc) is 3.44. The fraction of sp³-hybridized carbons (Fsp3) is 0.625. The number of likely N-dealkylation sites (tertiary alicyclic amines) is 1.